The Balaban J connectivity index is 1.78. The number of carbonyl (C=O) groups excluding carboxylic acids is 1. The maximum absolute atomic E-state index is 11.4. The monoisotopic (exact) mass is 433 g/mol. The standard InChI is InChI=1S/C23H23N5O4/c1-14(29)25-16-7-5-6-15(10-16)18-13-28-9-8-24-23(28)22(27-18)26-17-11-19(30-2)21(32-4)20(12-17)31-3/h5-13H,1-4H3,(H,25,29)(H,26,27). The second kappa shape index (κ2) is 8.84. The number of benzene rings is 2. The van der Waals surface area contributed by atoms with Gasteiger partial charge < -0.3 is 29.2 Å². The Kier molecular flexibility index (Phi) is 5.80. The molecule has 2 heterocycles. The summed E-state index contributed by atoms with van der Waals surface area (Å²) >= 11 is 0. The number of hydrogen-bond donors (Lipinski definition) is 2. The molecule has 1 amide bonds. The number of fused-ring (bicyclic) bond motifs is 1. The second-order valence-electron chi connectivity index (χ2n) is 6.93. The molecule has 2 aromatic heterocycles. The van der Waals surface area contributed by atoms with E-state index in [-0.39, 0.29) is 5.91 Å². The number of rotatable bonds is 7. The number of ether oxygens (including phenoxy) is 3. The van der Waals surface area contributed by atoms with Crippen LogP contribution in [0.25, 0.3) is 16.9 Å². The lowest BCUT2D eigenvalue weighted by Gasteiger charge is -2.15. The summed E-state index contributed by atoms with van der Waals surface area (Å²) in [5.41, 5.74) is 3.60. The molecule has 4 rings (SSSR count). The van der Waals surface area contributed by atoms with Crippen molar-refractivity contribution in [3.8, 4) is 28.5 Å². The fraction of sp³-hybridized carbons (Fsp3) is 0.174. The molecule has 0 aliphatic heterocycles. The summed E-state index contributed by atoms with van der Waals surface area (Å²) in [7, 11) is 4.69. The van der Waals surface area contributed by atoms with E-state index in [0.29, 0.717) is 45.8 Å². The normalized spacial score (nSPS) is 10.6. The average Bonchev–Trinajstić information content (AvgIpc) is 3.27. The summed E-state index contributed by atoms with van der Waals surface area (Å²) < 4.78 is 18.2. The molecule has 32 heavy (non-hydrogen) atoms. The first-order valence-electron chi connectivity index (χ1n) is 9.81. The van der Waals surface area contributed by atoms with Gasteiger partial charge in [-0.05, 0) is 12.1 Å². The number of hydrogen-bond acceptors (Lipinski definition) is 7. The van der Waals surface area contributed by atoms with E-state index >= 15 is 0 Å². The Morgan fingerprint density at radius 1 is 1.00 bits per heavy atom. The summed E-state index contributed by atoms with van der Waals surface area (Å²) in [5, 5.41) is 6.11. The second-order valence-corrected chi connectivity index (χ2v) is 6.93. The molecule has 2 N–H and O–H groups in total. The summed E-state index contributed by atoms with van der Waals surface area (Å²) in [6.45, 7) is 1.47. The highest BCUT2D eigenvalue weighted by Crippen LogP contribution is 2.40. The number of nitrogens with one attached hydrogen (secondary N) is 2. The van der Waals surface area contributed by atoms with Gasteiger partial charge in [0.2, 0.25) is 11.7 Å². The van der Waals surface area contributed by atoms with Crippen molar-refractivity contribution in [2.24, 2.45) is 0 Å². The van der Waals surface area contributed by atoms with E-state index in [4.69, 9.17) is 19.2 Å². The number of anilines is 3. The smallest absolute Gasteiger partial charge is 0.221 e. The van der Waals surface area contributed by atoms with Crippen LogP contribution in [0.15, 0.2) is 55.0 Å². The van der Waals surface area contributed by atoms with Crippen LogP contribution in [0.2, 0.25) is 0 Å². The van der Waals surface area contributed by atoms with Crippen molar-refractivity contribution >= 4 is 28.7 Å². The van der Waals surface area contributed by atoms with Crippen molar-refractivity contribution in [1.29, 1.82) is 0 Å². The van der Waals surface area contributed by atoms with E-state index in [0.717, 1.165) is 5.56 Å². The van der Waals surface area contributed by atoms with Crippen LogP contribution in [0.4, 0.5) is 17.2 Å². The third-order valence-electron chi connectivity index (χ3n) is 4.78. The Morgan fingerprint density at radius 2 is 1.75 bits per heavy atom. The molecule has 0 aliphatic rings. The maximum atomic E-state index is 11.4. The van der Waals surface area contributed by atoms with Gasteiger partial charge in [-0.25, -0.2) is 9.97 Å². The van der Waals surface area contributed by atoms with Crippen molar-refractivity contribution in [3.05, 3.63) is 55.0 Å². The third kappa shape index (κ3) is 4.13. The van der Waals surface area contributed by atoms with E-state index in [1.54, 1.807) is 39.7 Å². The molecular weight excluding hydrogens is 410 g/mol. The summed E-state index contributed by atoms with van der Waals surface area (Å²) in [6.07, 6.45) is 5.43. The molecule has 0 bridgehead atoms. The zero-order valence-electron chi connectivity index (χ0n) is 18.2. The number of aromatic nitrogens is 3. The number of nitrogens with zero attached hydrogens (tertiary/aromatic N) is 3. The molecule has 0 spiro atoms. The van der Waals surface area contributed by atoms with E-state index in [1.165, 1.54) is 6.92 Å². The van der Waals surface area contributed by atoms with Crippen LogP contribution in [-0.4, -0.2) is 41.6 Å². The lowest BCUT2D eigenvalue weighted by atomic mass is 10.1. The molecule has 2 aromatic carbocycles. The number of carbonyl (C=O) groups is 1. The minimum absolute atomic E-state index is 0.134. The third-order valence-corrected chi connectivity index (χ3v) is 4.78. The lowest BCUT2D eigenvalue weighted by molar-refractivity contribution is -0.114. The Hall–Kier alpha value is -4.27. The first-order chi connectivity index (χ1) is 15.5. The van der Waals surface area contributed by atoms with Gasteiger partial charge >= 0.3 is 0 Å². The fourth-order valence-corrected chi connectivity index (χ4v) is 3.40. The molecule has 0 unspecified atom stereocenters. The summed E-state index contributed by atoms with van der Waals surface area (Å²) in [5.74, 6) is 1.96. The quantitative estimate of drug-likeness (QED) is 0.452. The molecule has 9 nitrogen and oxygen atoms in total. The lowest BCUT2D eigenvalue weighted by Crippen LogP contribution is -2.05. The van der Waals surface area contributed by atoms with Crippen LogP contribution in [0.5, 0.6) is 17.2 Å². The molecule has 0 fully saturated rings. The van der Waals surface area contributed by atoms with Crippen LogP contribution in [-0.2, 0) is 4.79 Å². The Bertz CT molecular complexity index is 1260. The summed E-state index contributed by atoms with van der Waals surface area (Å²) in [4.78, 5) is 20.6. The van der Waals surface area contributed by atoms with Gasteiger partial charge in [0.05, 0.1) is 27.0 Å². The van der Waals surface area contributed by atoms with Crippen LogP contribution in [0, 0.1) is 0 Å². The molecular formula is C23H23N5O4. The van der Waals surface area contributed by atoms with Crippen LogP contribution in [0.1, 0.15) is 6.92 Å². The molecule has 0 aliphatic carbocycles. The first-order valence-corrected chi connectivity index (χ1v) is 9.81. The minimum Gasteiger partial charge on any atom is -0.493 e. The molecule has 164 valence electrons. The maximum Gasteiger partial charge on any atom is 0.221 e. The Labute approximate surface area is 185 Å². The molecule has 4 aromatic rings. The van der Waals surface area contributed by atoms with E-state index in [9.17, 15) is 4.79 Å². The number of imidazole rings is 1. The summed E-state index contributed by atoms with van der Waals surface area (Å²) in [6, 6.07) is 11.1. The predicted molar refractivity (Wildman–Crippen MR) is 122 cm³/mol. The molecule has 0 saturated carbocycles. The minimum atomic E-state index is -0.134. The fourth-order valence-electron chi connectivity index (χ4n) is 3.40. The van der Waals surface area contributed by atoms with E-state index in [1.807, 2.05) is 41.1 Å². The van der Waals surface area contributed by atoms with Crippen LogP contribution in [0.3, 0.4) is 0 Å². The van der Waals surface area contributed by atoms with Gasteiger partial charge in [0.1, 0.15) is 0 Å². The van der Waals surface area contributed by atoms with Crippen LogP contribution < -0.4 is 24.8 Å². The van der Waals surface area contributed by atoms with Crippen molar-refractivity contribution in [2.45, 2.75) is 6.92 Å². The zero-order chi connectivity index (χ0) is 22.7. The highest BCUT2D eigenvalue weighted by Gasteiger charge is 2.16. The van der Waals surface area contributed by atoms with Gasteiger partial charge in [0.15, 0.2) is 23.0 Å². The molecule has 9 heteroatoms. The zero-order valence-corrected chi connectivity index (χ0v) is 18.2. The van der Waals surface area contributed by atoms with Crippen molar-refractivity contribution in [1.82, 2.24) is 14.4 Å². The van der Waals surface area contributed by atoms with E-state index < -0.39 is 0 Å². The highest BCUT2D eigenvalue weighted by molar-refractivity contribution is 5.89. The SMILES string of the molecule is COc1cc(Nc2nc(-c3cccc(NC(C)=O)c3)cn3ccnc23)cc(OC)c1OC. The van der Waals surface area contributed by atoms with Crippen molar-refractivity contribution in [2.75, 3.05) is 32.0 Å². The average molecular weight is 433 g/mol. The predicted octanol–water partition coefficient (Wildman–Crippen LogP) is 4.12. The topological polar surface area (TPSA) is 99.0 Å². The first kappa shape index (κ1) is 21.0. The van der Waals surface area contributed by atoms with E-state index in [2.05, 4.69) is 15.6 Å². The van der Waals surface area contributed by atoms with Gasteiger partial charge in [-0.1, -0.05) is 12.1 Å². The highest BCUT2D eigenvalue weighted by atomic mass is 16.5. The van der Waals surface area contributed by atoms with Gasteiger partial charge in [-0.3, -0.25) is 4.79 Å². The van der Waals surface area contributed by atoms with Crippen molar-refractivity contribution < 1.29 is 19.0 Å². The van der Waals surface area contributed by atoms with Gasteiger partial charge in [-0.15, -0.1) is 0 Å². The largest absolute Gasteiger partial charge is 0.493 e. The number of methoxy groups -OCH3 is 3. The Morgan fingerprint density at radius 3 is 2.41 bits per heavy atom. The molecule has 0 saturated heterocycles. The van der Waals surface area contributed by atoms with Gasteiger partial charge in [0, 0.05) is 54.6 Å². The molecule has 0 atom stereocenters. The van der Waals surface area contributed by atoms with Gasteiger partial charge in [0.25, 0.3) is 0 Å². The van der Waals surface area contributed by atoms with Crippen molar-refractivity contribution in [3.63, 3.8) is 0 Å². The number of amides is 1. The van der Waals surface area contributed by atoms with Crippen LogP contribution >= 0.6 is 0 Å². The van der Waals surface area contributed by atoms with Gasteiger partial charge in [-0.2, -0.15) is 0 Å². The molecule has 0 radical (unpaired) electrons.